The van der Waals surface area contributed by atoms with Gasteiger partial charge in [-0.15, -0.1) is 0 Å². The summed E-state index contributed by atoms with van der Waals surface area (Å²) in [6, 6.07) is 7.78. The van der Waals surface area contributed by atoms with Crippen molar-refractivity contribution in [3.05, 3.63) is 34.9 Å². The van der Waals surface area contributed by atoms with E-state index < -0.39 is 0 Å². The van der Waals surface area contributed by atoms with E-state index in [1.54, 1.807) is 0 Å². The molecule has 1 saturated heterocycles. The molecule has 1 fully saturated rings. The van der Waals surface area contributed by atoms with Gasteiger partial charge in [-0.25, -0.2) is 0 Å². The van der Waals surface area contributed by atoms with Gasteiger partial charge in [0.2, 0.25) is 5.91 Å². The number of carbonyl (C=O) groups excluding carboxylic acids is 1. The number of nitrogens with zero attached hydrogens (tertiary/aromatic N) is 1. The number of amides is 1. The van der Waals surface area contributed by atoms with Crippen LogP contribution in [0.3, 0.4) is 0 Å². The van der Waals surface area contributed by atoms with Crippen LogP contribution in [-0.2, 0) is 4.79 Å². The van der Waals surface area contributed by atoms with E-state index in [9.17, 15) is 4.79 Å². The minimum absolute atomic E-state index is 0.0914. The first-order valence-electron chi connectivity index (χ1n) is 5.27. The molecule has 4 heteroatoms. The van der Waals surface area contributed by atoms with E-state index in [0.717, 1.165) is 12.1 Å². The highest BCUT2D eigenvalue weighted by molar-refractivity contribution is 9.09. The van der Waals surface area contributed by atoms with E-state index >= 15 is 0 Å². The summed E-state index contributed by atoms with van der Waals surface area (Å²) in [4.78, 5) is 13.9. The lowest BCUT2D eigenvalue weighted by molar-refractivity contribution is -0.129. The number of benzene rings is 1. The minimum atomic E-state index is 0.0914. The molecule has 1 amide bonds. The van der Waals surface area contributed by atoms with Crippen molar-refractivity contribution in [1.82, 2.24) is 4.90 Å². The van der Waals surface area contributed by atoms with Gasteiger partial charge in [-0.2, -0.15) is 0 Å². The molecular formula is C12H13BrClNO. The van der Waals surface area contributed by atoms with Gasteiger partial charge in [-0.05, 0) is 24.6 Å². The van der Waals surface area contributed by atoms with Crippen molar-refractivity contribution in [3.63, 3.8) is 0 Å². The second-order valence-corrected chi connectivity index (χ2v) is 5.81. The van der Waals surface area contributed by atoms with Crippen molar-refractivity contribution in [1.29, 1.82) is 0 Å². The van der Waals surface area contributed by atoms with Gasteiger partial charge < -0.3 is 4.90 Å². The Hall–Kier alpha value is -0.540. The summed E-state index contributed by atoms with van der Waals surface area (Å²) in [5, 5.41) is 0.714. The maximum absolute atomic E-state index is 11.7. The van der Waals surface area contributed by atoms with E-state index in [0.29, 0.717) is 11.4 Å². The molecule has 16 heavy (non-hydrogen) atoms. The predicted molar refractivity (Wildman–Crippen MR) is 68.9 cm³/mol. The van der Waals surface area contributed by atoms with Crippen LogP contribution in [0.15, 0.2) is 24.3 Å². The van der Waals surface area contributed by atoms with Gasteiger partial charge in [0.15, 0.2) is 0 Å². The van der Waals surface area contributed by atoms with E-state index in [-0.39, 0.29) is 16.8 Å². The summed E-state index contributed by atoms with van der Waals surface area (Å²) < 4.78 is 0. The summed E-state index contributed by atoms with van der Waals surface area (Å²) in [7, 11) is 0. The van der Waals surface area contributed by atoms with Gasteiger partial charge in [-0.3, -0.25) is 4.79 Å². The normalized spacial score (nSPS) is 22.6. The molecule has 0 spiro atoms. The Morgan fingerprint density at radius 3 is 2.88 bits per heavy atom. The first-order chi connectivity index (χ1) is 7.58. The van der Waals surface area contributed by atoms with E-state index in [4.69, 9.17) is 11.6 Å². The fourth-order valence-corrected chi connectivity index (χ4v) is 2.79. The molecule has 1 aromatic rings. The van der Waals surface area contributed by atoms with Crippen molar-refractivity contribution < 1.29 is 4.79 Å². The van der Waals surface area contributed by atoms with Crippen molar-refractivity contribution in [2.75, 3.05) is 6.54 Å². The number of alkyl halides is 1. The molecule has 1 aromatic carbocycles. The SMILES string of the molecule is CC(c1cccc(Cl)c1)N1CC(Br)CC1=O. The molecule has 2 atom stereocenters. The first kappa shape index (κ1) is 11.9. The summed E-state index contributed by atoms with van der Waals surface area (Å²) >= 11 is 9.43. The first-order valence-corrected chi connectivity index (χ1v) is 6.56. The molecule has 0 aliphatic carbocycles. The van der Waals surface area contributed by atoms with Crippen molar-refractivity contribution >= 4 is 33.4 Å². The van der Waals surface area contributed by atoms with E-state index in [1.807, 2.05) is 36.1 Å². The zero-order chi connectivity index (χ0) is 11.7. The molecule has 0 aromatic heterocycles. The maximum Gasteiger partial charge on any atom is 0.224 e. The van der Waals surface area contributed by atoms with Gasteiger partial charge >= 0.3 is 0 Å². The van der Waals surface area contributed by atoms with Crippen LogP contribution in [0, 0.1) is 0 Å². The van der Waals surface area contributed by atoms with Crippen LogP contribution < -0.4 is 0 Å². The van der Waals surface area contributed by atoms with Gasteiger partial charge in [-0.1, -0.05) is 39.7 Å². The molecule has 1 aliphatic heterocycles. The van der Waals surface area contributed by atoms with Crippen molar-refractivity contribution in [3.8, 4) is 0 Å². The zero-order valence-electron chi connectivity index (χ0n) is 8.99. The van der Waals surface area contributed by atoms with Gasteiger partial charge in [0, 0.05) is 22.8 Å². The highest BCUT2D eigenvalue weighted by atomic mass is 79.9. The predicted octanol–water partition coefficient (Wildman–Crippen LogP) is 3.40. The molecule has 0 N–H and O–H groups in total. The molecule has 2 nitrogen and oxygen atoms in total. The molecule has 2 unspecified atom stereocenters. The number of likely N-dealkylation sites (tertiary alicyclic amines) is 1. The lowest BCUT2D eigenvalue weighted by atomic mass is 10.1. The van der Waals surface area contributed by atoms with Crippen molar-refractivity contribution in [2.24, 2.45) is 0 Å². The highest BCUT2D eigenvalue weighted by Crippen LogP contribution is 2.29. The minimum Gasteiger partial charge on any atom is -0.335 e. The van der Waals surface area contributed by atoms with Crippen LogP contribution in [0.4, 0.5) is 0 Å². The molecule has 0 saturated carbocycles. The van der Waals surface area contributed by atoms with Crippen LogP contribution in [0.1, 0.15) is 24.9 Å². The second kappa shape index (κ2) is 4.76. The Morgan fingerprint density at radius 2 is 2.31 bits per heavy atom. The average Bonchev–Trinajstić information content (AvgIpc) is 2.57. The number of carbonyl (C=O) groups is 1. The molecule has 2 rings (SSSR count). The van der Waals surface area contributed by atoms with Gasteiger partial charge in [0.1, 0.15) is 0 Å². The van der Waals surface area contributed by atoms with E-state index in [1.165, 1.54) is 0 Å². The Balaban J connectivity index is 2.19. The van der Waals surface area contributed by atoms with Crippen molar-refractivity contribution in [2.45, 2.75) is 24.2 Å². The quantitative estimate of drug-likeness (QED) is 0.767. The monoisotopic (exact) mass is 301 g/mol. The third-order valence-electron chi connectivity index (χ3n) is 2.91. The van der Waals surface area contributed by atoms with Crippen LogP contribution in [0.5, 0.6) is 0 Å². The lowest BCUT2D eigenvalue weighted by Gasteiger charge is -2.24. The Bertz CT molecular complexity index is 410. The van der Waals surface area contributed by atoms with Crippen LogP contribution >= 0.6 is 27.5 Å². The van der Waals surface area contributed by atoms with E-state index in [2.05, 4.69) is 15.9 Å². The Morgan fingerprint density at radius 1 is 1.56 bits per heavy atom. The molecule has 0 radical (unpaired) electrons. The summed E-state index contributed by atoms with van der Waals surface area (Å²) in [6.45, 7) is 2.81. The molecule has 1 aliphatic rings. The summed E-state index contributed by atoms with van der Waals surface area (Å²) in [5.74, 6) is 0.203. The van der Waals surface area contributed by atoms with Crippen LogP contribution in [-0.4, -0.2) is 22.2 Å². The molecule has 0 bridgehead atoms. The highest BCUT2D eigenvalue weighted by Gasteiger charge is 2.31. The fraction of sp³-hybridized carbons (Fsp3) is 0.417. The standard InChI is InChI=1S/C12H13BrClNO/c1-8(9-3-2-4-11(14)5-9)15-7-10(13)6-12(15)16/h2-5,8,10H,6-7H2,1H3. The largest absolute Gasteiger partial charge is 0.335 e. The summed E-state index contributed by atoms with van der Waals surface area (Å²) in [6.07, 6.45) is 0.588. The Kier molecular flexibility index (Phi) is 3.55. The lowest BCUT2D eigenvalue weighted by Crippen LogP contribution is -2.28. The van der Waals surface area contributed by atoms with Crippen LogP contribution in [0.25, 0.3) is 0 Å². The summed E-state index contributed by atoms with van der Waals surface area (Å²) in [5.41, 5.74) is 1.09. The third-order valence-corrected chi connectivity index (χ3v) is 3.76. The number of hydrogen-bond acceptors (Lipinski definition) is 1. The number of halogens is 2. The second-order valence-electron chi connectivity index (χ2n) is 4.08. The molecular weight excluding hydrogens is 289 g/mol. The average molecular weight is 303 g/mol. The van der Waals surface area contributed by atoms with Gasteiger partial charge in [0.25, 0.3) is 0 Å². The molecule has 1 heterocycles. The zero-order valence-corrected chi connectivity index (χ0v) is 11.3. The third kappa shape index (κ3) is 2.41. The van der Waals surface area contributed by atoms with Crippen LogP contribution in [0.2, 0.25) is 5.02 Å². The molecule has 86 valence electrons. The fourth-order valence-electron chi connectivity index (χ4n) is 2.01. The van der Waals surface area contributed by atoms with Gasteiger partial charge in [0.05, 0.1) is 6.04 Å². The maximum atomic E-state index is 11.7. The smallest absolute Gasteiger partial charge is 0.224 e. The Labute approximate surface area is 109 Å². The number of hydrogen-bond donors (Lipinski definition) is 0. The topological polar surface area (TPSA) is 20.3 Å². The number of rotatable bonds is 2.